The van der Waals surface area contributed by atoms with E-state index in [1.165, 1.54) is 19.3 Å². The van der Waals surface area contributed by atoms with Crippen molar-refractivity contribution in [1.82, 2.24) is 0 Å². The van der Waals surface area contributed by atoms with E-state index >= 15 is 0 Å². The van der Waals surface area contributed by atoms with Gasteiger partial charge in [0.05, 0.1) is 12.0 Å². The summed E-state index contributed by atoms with van der Waals surface area (Å²) in [6.07, 6.45) is 20.2. The second-order valence-electron chi connectivity index (χ2n) is 7.45. The van der Waals surface area contributed by atoms with Gasteiger partial charge in [-0.3, -0.25) is 4.79 Å². The van der Waals surface area contributed by atoms with Crippen molar-refractivity contribution in [2.75, 3.05) is 0 Å². The highest BCUT2D eigenvalue weighted by molar-refractivity contribution is 5.69. The molecule has 26 heavy (non-hydrogen) atoms. The Labute approximate surface area is 158 Å². The predicted molar refractivity (Wildman–Crippen MR) is 106 cm³/mol. The second kappa shape index (κ2) is 12.1. The van der Waals surface area contributed by atoms with Crippen LogP contribution in [0.2, 0.25) is 0 Å². The van der Waals surface area contributed by atoms with Gasteiger partial charge >= 0.3 is 5.97 Å². The zero-order chi connectivity index (χ0) is 19.4. The molecule has 0 bridgehead atoms. The molecule has 0 amide bonds. The lowest BCUT2D eigenvalue weighted by molar-refractivity contribution is -0.141. The van der Waals surface area contributed by atoms with Crippen LogP contribution in [-0.2, 0) is 9.53 Å². The Kier molecular flexibility index (Phi) is 10.5. The van der Waals surface area contributed by atoms with Crippen LogP contribution in [0.1, 0.15) is 72.1 Å². The number of carboxylic acids is 1. The van der Waals surface area contributed by atoms with E-state index < -0.39 is 11.6 Å². The van der Waals surface area contributed by atoms with E-state index in [2.05, 4.69) is 31.2 Å². The van der Waals surface area contributed by atoms with Gasteiger partial charge in [0, 0.05) is 0 Å². The van der Waals surface area contributed by atoms with Gasteiger partial charge in [-0.1, -0.05) is 63.1 Å². The van der Waals surface area contributed by atoms with E-state index in [-0.39, 0.29) is 18.1 Å². The third-order valence-electron chi connectivity index (χ3n) is 4.77. The first-order valence-electron chi connectivity index (χ1n) is 9.96. The van der Waals surface area contributed by atoms with E-state index in [1.807, 2.05) is 6.08 Å². The first-order valence-corrected chi connectivity index (χ1v) is 9.96. The molecular weight excluding hydrogens is 328 g/mol. The number of carbonyl (C=O) groups is 1. The standard InChI is InChI=1S/C22H36O4/c1-4-5-6-7-8-9-10-11-12-13-14-17-22(3,25)20-19(26-20)16-15-18(2)21(23)24/h8-9,11-12,14,17-20,25H,4-7,10,13,15-16H2,1-3H3,(H,23,24)/b9-8-,12-11-,17-14-. The molecule has 0 spiro atoms. The van der Waals surface area contributed by atoms with Gasteiger partial charge in [0.25, 0.3) is 0 Å². The van der Waals surface area contributed by atoms with E-state index in [0.29, 0.717) is 12.8 Å². The third kappa shape index (κ3) is 9.35. The highest BCUT2D eigenvalue weighted by Gasteiger charge is 2.49. The fourth-order valence-electron chi connectivity index (χ4n) is 2.89. The normalized spacial score (nSPS) is 23.7. The Morgan fingerprint density at radius 3 is 2.46 bits per heavy atom. The lowest BCUT2D eigenvalue weighted by Crippen LogP contribution is -2.30. The number of aliphatic hydroxyl groups is 1. The summed E-state index contributed by atoms with van der Waals surface area (Å²) < 4.78 is 5.54. The van der Waals surface area contributed by atoms with E-state index in [4.69, 9.17) is 9.84 Å². The lowest BCUT2D eigenvalue weighted by Gasteiger charge is -2.16. The van der Waals surface area contributed by atoms with Crippen molar-refractivity contribution in [2.24, 2.45) is 5.92 Å². The highest BCUT2D eigenvalue weighted by Crippen LogP contribution is 2.37. The number of aliphatic carboxylic acids is 1. The molecule has 0 aromatic carbocycles. The molecule has 4 atom stereocenters. The summed E-state index contributed by atoms with van der Waals surface area (Å²) in [5.41, 5.74) is -0.996. The van der Waals surface area contributed by atoms with Crippen molar-refractivity contribution in [3.05, 3.63) is 36.5 Å². The van der Waals surface area contributed by atoms with Crippen molar-refractivity contribution in [3.63, 3.8) is 0 Å². The summed E-state index contributed by atoms with van der Waals surface area (Å²) in [6.45, 7) is 5.66. The molecule has 4 nitrogen and oxygen atoms in total. The van der Waals surface area contributed by atoms with Crippen molar-refractivity contribution >= 4 is 5.97 Å². The summed E-state index contributed by atoms with van der Waals surface area (Å²) in [7, 11) is 0. The minimum atomic E-state index is -0.996. The molecule has 4 unspecified atom stereocenters. The first kappa shape index (κ1) is 22.7. The molecule has 2 N–H and O–H groups in total. The van der Waals surface area contributed by atoms with Gasteiger partial charge in [0.15, 0.2) is 0 Å². The average molecular weight is 365 g/mol. The Balaban J connectivity index is 2.18. The van der Waals surface area contributed by atoms with Crippen LogP contribution in [0.5, 0.6) is 0 Å². The predicted octanol–water partition coefficient (Wildman–Crippen LogP) is 5.03. The number of carboxylic acid groups (broad SMARTS) is 1. The molecule has 4 heteroatoms. The molecular formula is C22H36O4. The van der Waals surface area contributed by atoms with Crippen molar-refractivity contribution < 1.29 is 19.7 Å². The maximum absolute atomic E-state index is 10.8. The largest absolute Gasteiger partial charge is 0.481 e. The highest BCUT2D eigenvalue weighted by atomic mass is 16.6. The molecule has 0 aliphatic carbocycles. The van der Waals surface area contributed by atoms with Crippen LogP contribution in [0.25, 0.3) is 0 Å². The summed E-state index contributed by atoms with van der Waals surface area (Å²) >= 11 is 0. The Bertz CT molecular complexity index is 490. The topological polar surface area (TPSA) is 70.1 Å². The van der Waals surface area contributed by atoms with Crippen molar-refractivity contribution in [2.45, 2.75) is 89.9 Å². The minimum absolute atomic E-state index is 0.0372. The molecule has 0 radical (unpaired) electrons. The van der Waals surface area contributed by atoms with Gasteiger partial charge in [-0.25, -0.2) is 0 Å². The van der Waals surface area contributed by atoms with Gasteiger partial charge in [0.1, 0.15) is 11.7 Å². The van der Waals surface area contributed by atoms with Crippen LogP contribution in [0.3, 0.4) is 0 Å². The zero-order valence-corrected chi connectivity index (χ0v) is 16.6. The molecule has 0 saturated carbocycles. The molecule has 1 saturated heterocycles. The van der Waals surface area contributed by atoms with Crippen LogP contribution in [-0.4, -0.2) is 34.0 Å². The molecule has 148 valence electrons. The van der Waals surface area contributed by atoms with Gasteiger partial charge in [0.2, 0.25) is 0 Å². The molecule has 1 rings (SSSR count). The second-order valence-corrected chi connectivity index (χ2v) is 7.45. The van der Waals surface area contributed by atoms with Gasteiger partial charge in [-0.15, -0.1) is 0 Å². The van der Waals surface area contributed by atoms with E-state index in [0.717, 1.165) is 19.3 Å². The summed E-state index contributed by atoms with van der Waals surface area (Å²) in [5, 5.41) is 19.4. The Morgan fingerprint density at radius 1 is 1.15 bits per heavy atom. The molecule has 0 aromatic heterocycles. The minimum Gasteiger partial charge on any atom is -0.481 e. The number of epoxide rings is 1. The fraction of sp³-hybridized carbons (Fsp3) is 0.682. The monoisotopic (exact) mass is 364 g/mol. The third-order valence-corrected chi connectivity index (χ3v) is 4.77. The number of hydrogen-bond acceptors (Lipinski definition) is 3. The summed E-state index contributed by atoms with van der Waals surface area (Å²) in [4.78, 5) is 10.8. The number of unbranched alkanes of at least 4 members (excludes halogenated alkanes) is 3. The Hall–Kier alpha value is -1.39. The molecule has 1 heterocycles. The SMILES string of the molecule is CCCCC/C=C\C/C=C\C/C=C\C(C)(O)C1OC1CCC(C)C(=O)O. The number of ether oxygens (including phenoxy) is 1. The quantitative estimate of drug-likeness (QED) is 0.257. The molecule has 1 aliphatic rings. The lowest BCUT2D eigenvalue weighted by atomic mass is 9.95. The number of allylic oxidation sites excluding steroid dienone is 5. The van der Waals surface area contributed by atoms with Crippen molar-refractivity contribution in [3.8, 4) is 0 Å². The Morgan fingerprint density at radius 2 is 1.81 bits per heavy atom. The maximum Gasteiger partial charge on any atom is 0.306 e. The van der Waals surface area contributed by atoms with Crippen LogP contribution in [0.4, 0.5) is 0 Å². The zero-order valence-electron chi connectivity index (χ0n) is 16.6. The van der Waals surface area contributed by atoms with Crippen LogP contribution in [0, 0.1) is 5.92 Å². The molecule has 1 fully saturated rings. The van der Waals surface area contributed by atoms with Gasteiger partial charge in [-0.2, -0.15) is 0 Å². The van der Waals surface area contributed by atoms with Crippen molar-refractivity contribution in [1.29, 1.82) is 0 Å². The van der Waals surface area contributed by atoms with Gasteiger partial charge in [-0.05, 0) is 45.4 Å². The van der Waals surface area contributed by atoms with Crippen LogP contribution in [0.15, 0.2) is 36.5 Å². The average Bonchev–Trinajstić information content (AvgIpc) is 3.38. The maximum atomic E-state index is 10.8. The summed E-state index contributed by atoms with van der Waals surface area (Å²) in [6, 6.07) is 0. The van der Waals surface area contributed by atoms with Crippen LogP contribution >= 0.6 is 0 Å². The fourth-order valence-corrected chi connectivity index (χ4v) is 2.89. The number of rotatable bonds is 14. The summed E-state index contributed by atoms with van der Waals surface area (Å²) in [5.74, 6) is -1.15. The van der Waals surface area contributed by atoms with Gasteiger partial charge < -0.3 is 14.9 Å². The van der Waals surface area contributed by atoms with E-state index in [1.54, 1.807) is 19.9 Å². The van der Waals surface area contributed by atoms with Crippen LogP contribution < -0.4 is 0 Å². The smallest absolute Gasteiger partial charge is 0.306 e. The first-order chi connectivity index (χ1) is 12.4. The molecule has 1 aliphatic heterocycles. The number of hydrogen-bond donors (Lipinski definition) is 2. The van der Waals surface area contributed by atoms with E-state index in [9.17, 15) is 9.90 Å². The molecule has 0 aromatic rings.